The third-order valence-corrected chi connectivity index (χ3v) is 2.48. The van der Waals surface area contributed by atoms with Gasteiger partial charge in [0, 0.05) is 12.1 Å². The molecule has 0 aliphatic heterocycles. The summed E-state index contributed by atoms with van der Waals surface area (Å²) < 4.78 is 38.5. The van der Waals surface area contributed by atoms with Crippen molar-refractivity contribution in [3.8, 4) is 5.75 Å². The number of methoxy groups -OCH3 is 1. The van der Waals surface area contributed by atoms with Gasteiger partial charge in [0.25, 0.3) is 5.69 Å². The predicted octanol–water partition coefficient (Wildman–Crippen LogP) is 1.26. The quantitative estimate of drug-likeness (QED) is 0.447. The molecule has 1 rings (SSSR count). The summed E-state index contributed by atoms with van der Waals surface area (Å²) in [4.78, 5) is 8.41. The second-order valence-electron chi connectivity index (χ2n) is 2.53. The first-order valence-electron chi connectivity index (χ1n) is 3.63. The summed E-state index contributed by atoms with van der Waals surface area (Å²) >= 11 is 0. The molecule has 15 heavy (non-hydrogen) atoms. The van der Waals surface area contributed by atoms with E-state index in [4.69, 9.17) is 0 Å². The second kappa shape index (κ2) is 3.81. The van der Waals surface area contributed by atoms with Crippen LogP contribution in [0.3, 0.4) is 0 Å². The van der Waals surface area contributed by atoms with Crippen LogP contribution in [0.2, 0.25) is 0 Å². The average molecular weight is 235 g/mol. The fourth-order valence-corrected chi connectivity index (χ4v) is 1.62. The molecule has 6 nitrogen and oxygen atoms in total. The highest BCUT2D eigenvalue weighted by molar-refractivity contribution is 7.86. The maximum absolute atomic E-state index is 12.7. The molecule has 8 heteroatoms. The van der Waals surface area contributed by atoms with Crippen molar-refractivity contribution in [3.05, 3.63) is 28.3 Å². The lowest BCUT2D eigenvalue weighted by molar-refractivity contribution is -0.387. The molecule has 0 bridgehead atoms. The number of nitro benzene ring substituents is 1. The van der Waals surface area contributed by atoms with E-state index >= 15 is 0 Å². The Bertz CT molecular complexity index is 498. The predicted molar refractivity (Wildman–Crippen MR) is 47.9 cm³/mol. The van der Waals surface area contributed by atoms with Crippen molar-refractivity contribution in [3.63, 3.8) is 0 Å². The van der Waals surface area contributed by atoms with Crippen LogP contribution in [-0.4, -0.2) is 20.5 Å². The first kappa shape index (κ1) is 11.4. The van der Waals surface area contributed by atoms with Crippen LogP contribution in [0.25, 0.3) is 0 Å². The standard InChI is InChI=1S/C7H6FNO5S/c1-14-5-2-3-6(9(10)11)7(4-5)15(8,12)13/h2-4H,1H3. The van der Waals surface area contributed by atoms with Crippen LogP contribution in [0.1, 0.15) is 0 Å². The second-order valence-corrected chi connectivity index (χ2v) is 3.84. The zero-order valence-electron chi connectivity index (χ0n) is 7.51. The van der Waals surface area contributed by atoms with E-state index in [0.717, 1.165) is 12.1 Å². The van der Waals surface area contributed by atoms with Crippen LogP contribution in [0.4, 0.5) is 9.57 Å². The van der Waals surface area contributed by atoms with Gasteiger partial charge >= 0.3 is 10.2 Å². The Labute approximate surface area is 84.6 Å². The summed E-state index contributed by atoms with van der Waals surface area (Å²) in [6.07, 6.45) is 0. The van der Waals surface area contributed by atoms with E-state index in [1.54, 1.807) is 0 Å². The van der Waals surface area contributed by atoms with Gasteiger partial charge in [0.15, 0.2) is 4.90 Å². The van der Waals surface area contributed by atoms with Gasteiger partial charge in [-0.05, 0) is 6.07 Å². The maximum Gasteiger partial charge on any atom is 0.339 e. The summed E-state index contributed by atoms with van der Waals surface area (Å²) in [7, 11) is -3.90. The van der Waals surface area contributed by atoms with Crippen LogP contribution in [0.15, 0.2) is 23.1 Å². The highest BCUT2D eigenvalue weighted by Gasteiger charge is 2.25. The zero-order valence-corrected chi connectivity index (χ0v) is 8.32. The van der Waals surface area contributed by atoms with Crippen molar-refractivity contribution in [2.75, 3.05) is 7.11 Å². The van der Waals surface area contributed by atoms with Gasteiger partial charge in [-0.15, -0.1) is 3.89 Å². The number of benzene rings is 1. The largest absolute Gasteiger partial charge is 0.497 e. The number of hydrogen-bond donors (Lipinski definition) is 0. The number of nitro groups is 1. The third-order valence-electron chi connectivity index (χ3n) is 1.63. The van der Waals surface area contributed by atoms with E-state index in [2.05, 4.69) is 4.74 Å². The van der Waals surface area contributed by atoms with Crippen molar-refractivity contribution < 1.29 is 22.0 Å². The van der Waals surface area contributed by atoms with Crippen LogP contribution in [-0.2, 0) is 10.2 Å². The average Bonchev–Trinajstić information content (AvgIpc) is 2.15. The molecule has 0 spiro atoms. The number of hydrogen-bond acceptors (Lipinski definition) is 5. The van der Waals surface area contributed by atoms with Crippen molar-refractivity contribution in [1.29, 1.82) is 0 Å². The molecule has 0 aromatic heterocycles. The minimum atomic E-state index is -5.13. The smallest absolute Gasteiger partial charge is 0.339 e. The molecule has 0 saturated carbocycles. The first-order valence-corrected chi connectivity index (χ1v) is 5.01. The van der Waals surface area contributed by atoms with Gasteiger partial charge < -0.3 is 4.74 Å². The van der Waals surface area contributed by atoms with Crippen molar-refractivity contribution in [1.82, 2.24) is 0 Å². The van der Waals surface area contributed by atoms with Crippen LogP contribution in [0.5, 0.6) is 5.75 Å². The molecule has 0 radical (unpaired) electrons. The molecule has 0 saturated heterocycles. The molecular weight excluding hydrogens is 229 g/mol. The fraction of sp³-hybridized carbons (Fsp3) is 0.143. The Kier molecular flexibility index (Phi) is 2.89. The first-order chi connectivity index (χ1) is 6.86. The lowest BCUT2D eigenvalue weighted by Gasteiger charge is -2.01. The minimum absolute atomic E-state index is 0.0248. The van der Waals surface area contributed by atoms with Crippen LogP contribution in [0, 0.1) is 10.1 Å². The van der Waals surface area contributed by atoms with E-state index in [1.165, 1.54) is 13.2 Å². The Hall–Kier alpha value is -1.70. The number of ether oxygens (including phenoxy) is 1. The molecule has 1 aromatic carbocycles. The lowest BCUT2D eigenvalue weighted by Crippen LogP contribution is -2.00. The zero-order chi connectivity index (χ0) is 11.6. The molecular formula is C7H6FNO5S. The molecule has 82 valence electrons. The van der Waals surface area contributed by atoms with Crippen molar-refractivity contribution in [2.45, 2.75) is 4.90 Å². The maximum atomic E-state index is 12.7. The molecule has 1 aromatic rings. The summed E-state index contributed by atoms with van der Waals surface area (Å²) in [5.41, 5.74) is -0.821. The van der Waals surface area contributed by atoms with Gasteiger partial charge in [0.1, 0.15) is 5.75 Å². The number of halogens is 1. The van der Waals surface area contributed by atoms with Crippen molar-refractivity contribution >= 4 is 15.9 Å². The normalized spacial score (nSPS) is 11.1. The van der Waals surface area contributed by atoms with E-state index in [0.29, 0.717) is 0 Å². The summed E-state index contributed by atoms with van der Waals surface area (Å²) in [5, 5.41) is 10.4. The number of rotatable bonds is 3. The van der Waals surface area contributed by atoms with Gasteiger partial charge in [-0.3, -0.25) is 10.1 Å². The summed E-state index contributed by atoms with van der Waals surface area (Å²) in [5.74, 6) is 0.0248. The molecule has 0 heterocycles. The number of nitrogens with zero attached hydrogens (tertiary/aromatic N) is 1. The van der Waals surface area contributed by atoms with Gasteiger partial charge in [0.2, 0.25) is 0 Å². The Morgan fingerprint density at radius 2 is 2.07 bits per heavy atom. The van der Waals surface area contributed by atoms with Crippen LogP contribution < -0.4 is 4.74 Å². The molecule has 0 aliphatic carbocycles. The van der Waals surface area contributed by atoms with E-state index in [9.17, 15) is 22.4 Å². The third kappa shape index (κ3) is 2.40. The molecule has 0 unspecified atom stereocenters. The molecule has 0 amide bonds. The fourth-order valence-electron chi connectivity index (χ4n) is 0.968. The summed E-state index contributed by atoms with van der Waals surface area (Å²) in [6, 6.07) is 2.80. The SMILES string of the molecule is COc1ccc([N+](=O)[O-])c(S(=O)(=O)F)c1. The Morgan fingerprint density at radius 1 is 1.47 bits per heavy atom. The lowest BCUT2D eigenvalue weighted by atomic mass is 10.3. The monoisotopic (exact) mass is 235 g/mol. The topological polar surface area (TPSA) is 86.5 Å². The van der Waals surface area contributed by atoms with Gasteiger partial charge in [-0.2, -0.15) is 8.42 Å². The van der Waals surface area contributed by atoms with Gasteiger partial charge in [-0.1, -0.05) is 0 Å². The minimum Gasteiger partial charge on any atom is -0.497 e. The van der Waals surface area contributed by atoms with Crippen LogP contribution >= 0.6 is 0 Å². The molecule has 0 fully saturated rings. The molecule has 0 atom stereocenters. The highest BCUT2D eigenvalue weighted by atomic mass is 32.3. The van der Waals surface area contributed by atoms with E-state index in [1.807, 2.05) is 0 Å². The molecule has 0 aliphatic rings. The van der Waals surface area contributed by atoms with Gasteiger partial charge in [-0.25, -0.2) is 0 Å². The summed E-state index contributed by atoms with van der Waals surface area (Å²) in [6.45, 7) is 0. The highest BCUT2D eigenvalue weighted by Crippen LogP contribution is 2.29. The van der Waals surface area contributed by atoms with Gasteiger partial charge in [0.05, 0.1) is 12.0 Å². The van der Waals surface area contributed by atoms with E-state index < -0.39 is 25.7 Å². The Balaban J connectivity index is 3.50. The van der Waals surface area contributed by atoms with E-state index in [-0.39, 0.29) is 5.75 Å². The van der Waals surface area contributed by atoms with Crippen molar-refractivity contribution in [2.24, 2.45) is 0 Å². The molecule has 0 N–H and O–H groups in total. The Morgan fingerprint density at radius 3 is 2.47 bits per heavy atom.